The number of hydrogen-bond acceptors (Lipinski definition) is 4. The van der Waals surface area contributed by atoms with Crippen molar-refractivity contribution in [2.75, 3.05) is 7.11 Å². The summed E-state index contributed by atoms with van der Waals surface area (Å²) in [4.78, 5) is 22.6. The highest BCUT2D eigenvalue weighted by Gasteiger charge is 2.20. The van der Waals surface area contributed by atoms with Crippen LogP contribution in [-0.4, -0.2) is 35.7 Å². The van der Waals surface area contributed by atoms with E-state index in [1.54, 1.807) is 13.0 Å². The highest BCUT2D eigenvalue weighted by Crippen LogP contribution is 2.17. The first-order valence-electron chi connectivity index (χ1n) is 7.59. The summed E-state index contributed by atoms with van der Waals surface area (Å²) in [5, 5.41) is 12.7. The summed E-state index contributed by atoms with van der Waals surface area (Å²) >= 11 is 0. The van der Waals surface area contributed by atoms with Gasteiger partial charge in [-0.15, -0.1) is 0 Å². The van der Waals surface area contributed by atoms with Gasteiger partial charge in [-0.3, -0.25) is 4.79 Å². The second kappa shape index (κ2) is 10.4. The molecule has 0 saturated heterocycles. The minimum absolute atomic E-state index is 0.325. The molecule has 0 spiro atoms. The number of esters is 1. The first kappa shape index (κ1) is 19.6. The number of ether oxygens (including phenoxy) is 1. The van der Waals surface area contributed by atoms with E-state index in [1.165, 1.54) is 39.4 Å². The zero-order valence-electron chi connectivity index (χ0n) is 13.6. The van der Waals surface area contributed by atoms with Crippen LogP contribution in [0.5, 0.6) is 0 Å². The van der Waals surface area contributed by atoms with Gasteiger partial charge in [0.05, 0.1) is 12.7 Å². The van der Waals surface area contributed by atoms with Crippen molar-refractivity contribution in [3.05, 3.63) is 12.2 Å². The Kier molecular flexibility index (Phi) is 9.71. The summed E-state index contributed by atoms with van der Waals surface area (Å²) in [5.41, 5.74) is -0.989. The van der Waals surface area contributed by atoms with Gasteiger partial charge in [-0.05, 0) is 13.3 Å². The molecular formula is C16H29NO4. The summed E-state index contributed by atoms with van der Waals surface area (Å²) in [7, 11) is 1.26. The third-order valence-electron chi connectivity index (χ3n) is 3.25. The van der Waals surface area contributed by atoms with E-state index in [4.69, 9.17) is 0 Å². The first-order valence-corrected chi connectivity index (χ1v) is 7.59. The van der Waals surface area contributed by atoms with Crippen LogP contribution in [0.3, 0.4) is 0 Å². The molecule has 0 rings (SSSR count). The lowest BCUT2D eigenvalue weighted by atomic mass is 9.96. The molecule has 0 aromatic carbocycles. The van der Waals surface area contributed by atoms with Gasteiger partial charge < -0.3 is 15.2 Å². The maximum absolute atomic E-state index is 11.5. The smallest absolute Gasteiger partial charge is 0.332 e. The zero-order valence-corrected chi connectivity index (χ0v) is 13.6. The van der Waals surface area contributed by atoms with E-state index in [1.807, 2.05) is 0 Å². The molecule has 2 atom stereocenters. The van der Waals surface area contributed by atoms with E-state index < -0.39 is 17.6 Å². The van der Waals surface area contributed by atoms with Gasteiger partial charge in [0, 0.05) is 6.92 Å². The molecule has 21 heavy (non-hydrogen) atoms. The van der Waals surface area contributed by atoms with E-state index in [9.17, 15) is 14.7 Å². The Balaban J connectivity index is 4.41. The number of rotatable bonds is 10. The van der Waals surface area contributed by atoms with E-state index in [0.717, 1.165) is 12.8 Å². The van der Waals surface area contributed by atoms with E-state index in [2.05, 4.69) is 17.0 Å². The molecule has 0 aromatic heterocycles. The van der Waals surface area contributed by atoms with Gasteiger partial charge in [-0.1, -0.05) is 51.2 Å². The van der Waals surface area contributed by atoms with Crippen molar-refractivity contribution in [1.82, 2.24) is 5.32 Å². The van der Waals surface area contributed by atoms with Crippen LogP contribution in [0.25, 0.3) is 0 Å². The number of nitrogens with one attached hydrogen (secondary N) is 1. The van der Waals surface area contributed by atoms with Crippen molar-refractivity contribution >= 4 is 11.9 Å². The predicted octanol–water partition coefficient (Wildman–Crippen LogP) is 2.33. The first-order chi connectivity index (χ1) is 9.82. The molecule has 1 amide bonds. The van der Waals surface area contributed by atoms with Gasteiger partial charge in [0.2, 0.25) is 5.91 Å². The molecule has 0 aliphatic carbocycles. The molecule has 5 nitrogen and oxygen atoms in total. The van der Waals surface area contributed by atoms with Crippen molar-refractivity contribution in [3.8, 4) is 0 Å². The molecule has 0 heterocycles. The Bertz CT molecular complexity index is 350. The minimum atomic E-state index is -0.989. The normalized spacial score (nSPS) is 15.5. The molecule has 2 N–H and O–H groups in total. The average Bonchev–Trinajstić information content (AvgIpc) is 2.42. The number of methoxy groups -OCH3 is 1. The Morgan fingerprint density at radius 2 is 1.90 bits per heavy atom. The molecule has 0 aliphatic heterocycles. The molecule has 2 unspecified atom stereocenters. The maximum atomic E-state index is 11.5. The van der Waals surface area contributed by atoms with Crippen molar-refractivity contribution in [2.24, 2.45) is 0 Å². The van der Waals surface area contributed by atoms with Crippen LogP contribution < -0.4 is 5.32 Å². The molecular weight excluding hydrogens is 270 g/mol. The molecule has 122 valence electrons. The standard InChI is InChI=1S/C16H29NO4/c1-5-6-7-8-9-11-16(3,20)12-10-14(15(19)21-4)17-13(2)18/h10,12,14,20H,5-9,11H2,1-4H3,(H,17,18)/b12-10+. The SMILES string of the molecule is CCCCCCCC(C)(O)/C=C/C(NC(C)=O)C(=O)OC. The fraction of sp³-hybridized carbons (Fsp3) is 0.750. The number of carbonyl (C=O) groups excluding carboxylic acids is 2. The van der Waals surface area contributed by atoms with Crippen LogP contribution in [0.1, 0.15) is 59.3 Å². The summed E-state index contributed by atoms with van der Waals surface area (Å²) in [5.74, 6) is -0.880. The van der Waals surface area contributed by atoms with Crippen molar-refractivity contribution in [3.63, 3.8) is 0 Å². The Morgan fingerprint density at radius 1 is 1.29 bits per heavy atom. The molecule has 0 aromatic rings. The Labute approximate surface area is 127 Å². The zero-order chi connectivity index (χ0) is 16.3. The lowest BCUT2D eigenvalue weighted by molar-refractivity contribution is -0.143. The van der Waals surface area contributed by atoms with Crippen molar-refractivity contribution in [2.45, 2.75) is 70.9 Å². The Morgan fingerprint density at radius 3 is 2.43 bits per heavy atom. The lowest BCUT2D eigenvalue weighted by Gasteiger charge is -2.20. The second-order valence-corrected chi connectivity index (χ2v) is 5.58. The highest BCUT2D eigenvalue weighted by molar-refractivity contribution is 5.84. The van der Waals surface area contributed by atoms with E-state index in [0.29, 0.717) is 6.42 Å². The van der Waals surface area contributed by atoms with E-state index >= 15 is 0 Å². The van der Waals surface area contributed by atoms with Gasteiger partial charge in [-0.2, -0.15) is 0 Å². The molecule has 0 aliphatic rings. The van der Waals surface area contributed by atoms with Crippen LogP contribution in [0, 0.1) is 0 Å². The molecule has 0 bridgehead atoms. The van der Waals surface area contributed by atoms with Gasteiger partial charge in [0.25, 0.3) is 0 Å². The fourth-order valence-corrected chi connectivity index (χ4v) is 2.00. The molecule has 0 saturated carbocycles. The average molecular weight is 299 g/mol. The summed E-state index contributed by atoms with van der Waals surface area (Å²) in [6, 6.07) is -0.862. The summed E-state index contributed by atoms with van der Waals surface area (Å²) < 4.78 is 4.62. The number of aliphatic hydroxyl groups is 1. The van der Waals surface area contributed by atoms with Crippen molar-refractivity contribution in [1.29, 1.82) is 0 Å². The number of carbonyl (C=O) groups is 2. The van der Waals surface area contributed by atoms with Crippen LogP contribution in [0.2, 0.25) is 0 Å². The van der Waals surface area contributed by atoms with Gasteiger partial charge in [0.15, 0.2) is 0 Å². The third-order valence-corrected chi connectivity index (χ3v) is 3.25. The van der Waals surface area contributed by atoms with Crippen LogP contribution in [-0.2, 0) is 14.3 Å². The van der Waals surface area contributed by atoms with Crippen LogP contribution in [0.4, 0.5) is 0 Å². The Hall–Kier alpha value is -1.36. The second-order valence-electron chi connectivity index (χ2n) is 5.58. The van der Waals surface area contributed by atoms with Gasteiger partial charge in [-0.25, -0.2) is 4.79 Å². The lowest BCUT2D eigenvalue weighted by Crippen LogP contribution is -2.39. The number of amides is 1. The predicted molar refractivity (Wildman–Crippen MR) is 82.8 cm³/mol. The minimum Gasteiger partial charge on any atom is -0.467 e. The highest BCUT2D eigenvalue weighted by atomic mass is 16.5. The third kappa shape index (κ3) is 10.1. The molecule has 0 radical (unpaired) electrons. The number of hydrogen-bond donors (Lipinski definition) is 2. The monoisotopic (exact) mass is 299 g/mol. The van der Waals surface area contributed by atoms with E-state index in [-0.39, 0.29) is 5.91 Å². The maximum Gasteiger partial charge on any atom is 0.332 e. The van der Waals surface area contributed by atoms with Gasteiger partial charge in [0.1, 0.15) is 6.04 Å². The van der Waals surface area contributed by atoms with Crippen LogP contribution in [0.15, 0.2) is 12.2 Å². The fourth-order valence-electron chi connectivity index (χ4n) is 2.00. The summed E-state index contributed by atoms with van der Waals surface area (Å²) in [6.45, 7) is 5.19. The van der Waals surface area contributed by atoms with Crippen LogP contribution >= 0.6 is 0 Å². The van der Waals surface area contributed by atoms with Crippen molar-refractivity contribution < 1.29 is 19.4 Å². The molecule has 5 heteroatoms. The van der Waals surface area contributed by atoms with Gasteiger partial charge >= 0.3 is 5.97 Å². The summed E-state index contributed by atoms with van der Waals surface area (Å²) in [6.07, 6.45) is 9.26. The molecule has 0 fully saturated rings. The quantitative estimate of drug-likeness (QED) is 0.369. The number of unbranched alkanes of at least 4 members (excludes halogenated alkanes) is 4. The topological polar surface area (TPSA) is 75.6 Å². The largest absolute Gasteiger partial charge is 0.467 e.